The molecule has 1 saturated carbocycles. The van der Waals surface area contributed by atoms with Crippen molar-refractivity contribution >= 4 is 34.3 Å². The molecule has 4 nitrogen and oxygen atoms in total. The Morgan fingerprint density at radius 1 is 1.14 bits per heavy atom. The van der Waals surface area contributed by atoms with Crippen LogP contribution in [0.4, 0.5) is 0 Å². The first-order valence-corrected chi connectivity index (χ1v) is 8.47. The van der Waals surface area contributed by atoms with Crippen molar-refractivity contribution in [2.24, 2.45) is 10.8 Å². The number of hydrogen-bond donors (Lipinski definition) is 0. The minimum absolute atomic E-state index is 0.0161. The molecule has 0 bridgehead atoms. The minimum atomic E-state index is -1.06. The quantitative estimate of drug-likeness (QED) is 0.405. The largest absolute Gasteiger partial charge is 0.452 e. The van der Waals surface area contributed by atoms with Gasteiger partial charge in [0.15, 0.2) is 15.7 Å². The van der Waals surface area contributed by atoms with Crippen LogP contribution in [0.2, 0.25) is 0 Å². The second-order valence-corrected chi connectivity index (χ2v) is 7.66. The highest BCUT2D eigenvalue weighted by molar-refractivity contribution is 14.1. The summed E-state index contributed by atoms with van der Waals surface area (Å²) >= 11 is 2.08. The lowest BCUT2D eigenvalue weighted by Crippen LogP contribution is -2.55. The predicted octanol–water partition coefficient (Wildman–Crippen LogP) is 4.03. The van der Waals surface area contributed by atoms with E-state index in [2.05, 4.69) is 22.6 Å². The number of Topliss-reactive ketones (excluding diaryl/α,β-unsaturated/α-hetero) is 1. The molecule has 1 aliphatic heterocycles. The van der Waals surface area contributed by atoms with Crippen molar-refractivity contribution in [3.63, 3.8) is 0 Å². The Morgan fingerprint density at radius 2 is 1.81 bits per heavy atom. The van der Waals surface area contributed by atoms with Crippen LogP contribution in [0.3, 0.4) is 0 Å². The summed E-state index contributed by atoms with van der Waals surface area (Å²) in [5.41, 5.74) is -1.68. The molecule has 1 unspecified atom stereocenters. The van der Waals surface area contributed by atoms with E-state index in [1.54, 1.807) is 13.8 Å². The Balaban J connectivity index is 2.08. The lowest BCUT2D eigenvalue weighted by atomic mass is 9.59. The van der Waals surface area contributed by atoms with Crippen LogP contribution < -0.4 is 0 Å². The van der Waals surface area contributed by atoms with E-state index in [0.29, 0.717) is 5.76 Å². The maximum atomic E-state index is 13.1. The normalized spacial score (nSPS) is 27.7. The second kappa shape index (κ2) is 5.11. The number of ketones is 1. The summed E-state index contributed by atoms with van der Waals surface area (Å²) in [5, 5.41) is 0. The molecule has 1 atom stereocenters. The SMILES string of the molecule is CC1(C)C(=O)OC(c2ccc(I)o2)C2(CCCCC2)C1=O. The fraction of sp³-hybridized carbons (Fsp3) is 0.625. The predicted molar refractivity (Wildman–Crippen MR) is 84.6 cm³/mol. The van der Waals surface area contributed by atoms with Crippen molar-refractivity contribution < 1.29 is 18.7 Å². The maximum Gasteiger partial charge on any atom is 0.319 e. The molecule has 2 heterocycles. The van der Waals surface area contributed by atoms with Crippen LogP contribution in [0.5, 0.6) is 0 Å². The molecular weight excluding hydrogens is 383 g/mol. The highest BCUT2D eigenvalue weighted by Gasteiger charge is 2.61. The van der Waals surface area contributed by atoms with Crippen LogP contribution in [0.15, 0.2) is 16.5 Å². The van der Waals surface area contributed by atoms with Crippen molar-refractivity contribution in [3.05, 3.63) is 21.7 Å². The molecule has 0 aromatic carbocycles. The van der Waals surface area contributed by atoms with E-state index in [4.69, 9.17) is 9.15 Å². The molecule has 2 aliphatic rings. The molecular formula is C16H19IO4. The van der Waals surface area contributed by atoms with Gasteiger partial charge in [-0.1, -0.05) is 19.3 Å². The van der Waals surface area contributed by atoms with Crippen molar-refractivity contribution in [3.8, 4) is 0 Å². The minimum Gasteiger partial charge on any atom is -0.452 e. The third-order valence-electron chi connectivity index (χ3n) is 4.86. The van der Waals surface area contributed by atoms with Gasteiger partial charge in [-0.05, 0) is 61.4 Å². The summed E-state index contributed by atoms with van der Waals surface area (Å²) in [6.07, 6.45) is 4.08. The topological polar surface area (TPSA) is 56.5 Å². The average molecular weight is 402 g/mol. The van der Waals surface area contributed by atoms with Crippen molar-refractivity contribution in [2.45, 2.75) is 52.1 Å². The molecule has 114 valence electrons. The molecule has 1 aromatic rings. The van der Waals surface area contributed by atoms with Crippen LogP contribution >= 0.6 is 22.6 Å². The molecule has 0 amide bonds. The number of ether oxygens (including phenoxy) is 1. The molecule has 2 fully saturated rings. The number of hydrogen-bond acceptors (Lipinski definition) is 4. The van der Waals surface area contributed by atoms with Gasteiger partial charge >= 0.3 is 5.97 Å². The summed E-state index contributed by atoms with van der Waals surface area (Å²) in [5.74, 6) is 0.168. The summed E-state index contributed by atoms with van der Waals surface area (Å²) < 4.78 is 12.1. The highest BCUT2D eigenvalue weighted by atomic mass is 127. The number of cyclic esters (lactones) is 1. The van der Waals surface area contributed by atoms with Crippen molar-refractivity contribution in [2.75, 3.05) is 0 Å². The van der Waals surface area contributed by atoms with Crippen molar-refractivity contribution in [1.82, 2.24) is 0 Å². The van der Waals surface area contributed by atoms with Crippen LogP contribution in [-0.2, 0) is 14.3 Å². The third kappa shape index (κ3) is 2.24. The van der Waals surface area contributed by atoms with Crippen LogP contribution in [-0.4, -0.2) is 11.8 Å². The Kier molecular flexibility index (Phi) is 3.66. The van der Waals surface area contributed by atoms with Gasteiger partial charge in [0, 0.05) is 0 Å². The zero-order valence-corrected chi connectivity index (χ0v) is 14.4. The number of halogens is 1. The monoisotopic (exact) mass is 402 g/mol. The zero-order valence-electron chi connectivity index (χ0n) is 12.3. The van der Waals surface area contributed by atoms with Gasteiger partial charge < -0.3 is 9.15 Å². The Morgan fingerprint density at radius 3 is 2.38 bits per heavy atom. The van der Waals surface area contributed by atoms with E-state index in [1.165, 1.54) is 0 Å². The van der Waals surface area contributed by atoms with Gasteiger partial charge in [0.25, 0.3) is 0 Å². The number of rotatable bonds is 1. The van der Waals surface area contributed by atoms with E-state index in [0.717, 1.165) is 35.9 Å². The Hall–Kier alpha value is -0.850. The van der Waals surface area contributed by atoms with Gasteiger partial charge in [0.05, 0.1) is 5.41 Å². The lowest BCUT2D eigenvalue weighted by Gasteiger charge is -2.48. The number of carbonyl (C=O) groups excluding carboxylic acids is 2. The smallest absolute Gasteiger partial charge is 0.319 e. The molecule has 1 aromatic heterocycles. The van der Waals surface area contributed by atoms with Gasteiger partial charge in [-0.2, -0.15) is 0 Å². The molecule has 1 aliphatic carbocycles. The molecule has 1 saturated heterocycles. The number of esters is 1. The molecule has 21 heavy (non-hydrogen) atoms. The van der Waals surface area contributed by atoms with Crippen LogP contribution in [0.1, 0.15) is 57.8 Å². The van der Waals surface area contributed by atoms with E-state index in [1.807, 2.05) is 12.1 Å². The van der Waals surface area contributed by atoms with Crippen LogP contribution in [0, 0.1) is 14.6 Å². The Labute approximate surface area is 137 Å². The van der Waals surface area contributed by atoms with E-state index in [9.17, 15) is 9.59 Å². The molecule has 3 rings (SSSR count). The van der Waals surface area contributed by atoms with Gasteiger partial charge in [-0.25, -0.2) is 0 Å². The molecule has 0 N–H and O–H groups in total. The van der Waals surface area contributed by atoms with Crippen LogP contribution in [0.25, 0.3) is 0 Å². The summed E-state index contributed by atoms with van der Waals surface area (Å²) in [6.45, 7) is 3.35. The lowest BCUT2D eigenvalue weighted by molar-refractivity contribution is -0.194. The third-order valence-corrected chi connectivity index (χ3v) is 5.43. The average Bonchev–Trinajstić information content (AvgIpc) is 2.89. The van der Waals surface area contributed by atoms with E-state index < -0.39 is 22.9 Å². The number of furan rings is 1. The van der Waals surface area contributed by atoms with E-state index in [-0.39, 0.29) is 5.78 Å². The standard InChI is InChI=1S/C16H19IO4/c1-15(2)13(18)16(8-4-3-5-9-16)12(21-14(15)19)10-6-7-11(17)20-10/h6-7,12H,3-5,8-9H2,1-2H3. The highest BCUT2D eigenvalue weighted by Crippen LogP contribution is 2.55. The second-order valence-electron chi connectivity index (χ2n) is 6.60. The van der Waals surface area contributed by atoms with Gasteiger partial charge in [-0.3, -0.25) is 9.59 Å². The van der Waals surface area contributed by atoms with Gasteiger partial charge in [0.2, 0.25) is 0 Å². The van der Waals surface area contributed by atoms with Crippen molar-refractivity contribution in [1.29, 1.82) is 0 Å². The molecule has 1 spiro atoms. The maximum absolute atomic E-state index is 13.1. The first-order chi connectivity index (χ1) is 9.88. The first-order valence-electron chi connectivity index (χ1n) is 7.39. The van der Waals surface area contributed by atoms with Gasteiger partial charge in [-0.15, -0.1) is 0 Å². The fourth-order valence-electron chi connectivity index (χ4n) is 3.67. The summed E-state index contributed by atoms with van der Waals surface area (Å²) in [7, 11) is 0. The zero-order chi connectivity index (χ0) is 15.3. The van der Waals surface area contributed by atoms with E-state index >= 15 is 0 Å². The van der Waals surface area contributed by atoms with Gasteiger partial charge in [0.1, 0.15) is 11.2 Å². The number of carbonyl (C=O) groups is 2. The summed E-state index contributed by atoms with van der Waals surface area (Å²) in [4.78, 5) is 25.3. The molecule has 0 radical (unpaired) electrons. The fourth-order valence-corrected chi connectivity index (χ4v) is 4.11. The molecule has 5 heteroatoms. The summed E-state index contributed by atoms with van der Waals surface area (Å²) in [6, 6.07) is 3.66. The first kappa shape index (κ1) is 15.1. The Bertz CT molecular complexity index is 581.